The molecule has 0 bridgehead atoms. The van der Waals surface area contributed by atoms with Gasteiger partial charge in [0, 0.05) is 0 Å². The Balaban J connectivity index is 2.19. The topological polar surface area (TPSA) is 17.1 Å². The lowest BCUT2D eigenvalue weighted by molar-refractivity contribution is 0.103. The molecular formula is C12H13ClOS. The van der Waals surface area contributed by atoms with E-state index in [-0.39, 0.29) is 5.78 Å². The van der Waals surface area contributed by atoms with E-state index < -0.39 is 0 Å². The van der Waals surface area contributed by atoms with Gasteiger partial charge in [0.05, 0.1) is 9.90 Å². The van der Waals surface area contributed by atoms with Gasteiger partial charge in [-0.25, -0.2) is 0 Å². The average Bonchev–Trinajstić information content (AvgIpc) is 2.65. The maximum Gasteiger partial charge on any atom is 0.200 e. The normalized spacial score (nSPS) is 21.2. The highest BCUT2D eigenvalue weighted by Crippen LogP contribution is 2.30. The summed E-state index contributed by atoms with van der Waals surface area (Å²) in [4.78, 5) is 12.7. The summed E-state index contributed by atoms with van der Waals surface area (Å²) in [6.07, 6.45) is 5.10. The van der Waals surface area contributed by atoms with Crippen molar-refractivity contribution < 1.29 is 4.79 Å². The first-order chi connectivity index (χ1) is 7.18. The van der Waals surface area contributed by atoms with Gasteiger partial charge in [0.25, 0.3) is 0 Å². The van der Waals surface area contributed by atoms with Crippen LogP contribution in [0.4, 0.5) is 0 Å². The highest BCUT2D eigenvalue weighted by molar-refractivity contribution is 7.13. The molecule has 15 heavy (non-hydrogen) atoms. The maximum absolute atomic E-state index is 12.0. The van der Waals surface area contributed by atoms with E-state index in [9.17, 15) is 4.79 Å². The van der Waals surface area contributed by atoms with E-state index in [1.165, 1.54) is 11.3 Å². The lowest BCUT2D eigenvalue weighted by Gasteiger charge is -2.16. The van der Waals surface area contributed by atoms with Gasteiger partial charge in [-0.3, -0.25) is 4.79 Å². The number of hydrogen-bond donors (Lipinski definition) is 0. The van der Waals surface area contributed by atoms with E-state index in [1.807, 2.05) is 5.38 Å². The highest BCUT2D eigenvalue weighted by atomic mass is 35.5. The first-order valence-electron chi connectivity index (χ1n) is 5.15. The van der Waals surface area contributed by atoms with E-state index in [0.29, 0.717) is 15.8 Å². The van der Waals surface area contributed by atoms with Gasteiger partial charge >= 0.3 is 0 Å². The van der Waals surface area contributed by atoms with Crippen molar-refractivity contribution >= 4 is 28.7 Å². The summed E-state index contributed by atoms with van der Waals surface area (Å²) in [5.41, 5.74) is 0.942. The number of carbonyl (C=O) groups excluding carboxylic acids is 1. The van der Waals surface area contributed by atoms with Crippen LogP contribution in [0.1, 0.15) is 35.9 Å². The Hall–Kier alpha value is -0.600. The van der Waals surface area contributed by atoms with E-state index in [1.54, 1.807) is 6.07 Å². The average molecular weight is 241 g/mol. The molecule has 80 valence electrons. The lowest BCUT2D eigenvalue weighted by atomic mass is 9.89. The van der Waals surface area contributed by atoms with Crippen molar-refractivity contribution in [2.24, 2.45) is 5.92 Å². The lowest BCUT2D eigenvalue weighted by Crippen LogP contribution is -2.09. The summed E-state index contributed by atoms with van der Waals surface area (Å²) in [7, 11) is 0. The Morgan fingerprint density at radius 1 is 1.60 bits per heavy atom. The van der Waals surface area contributed by atoms with Crippen molar-refractivity contribution in [1.29, 1.82) is 0 Å². The molecule has 3 heteroatoms. The molecule has 2 rings (SSSR count). The predicted octanol–water partition coefficient (Wildman–Crippen LogP) is 4.33. The van der Waals surface area contributed by atoms with Gasteiger partial charge in [-0.1, -0.05) is 24.6 Å². The van der Waals surface area contributed by atoms with Crippen LogP contribution in [0.15, 0.2) is 23.1 Å². The minimum absolute atomic E-state index is 0.127. The highest BCUT2D eigenvalue weighted by Gasteiger charge is 2.20. The molecule has 0 aromatic carbocycles. The van der Waals surface area contributed by atoms with Crippen LogP contribution in [0.25, 0.3) is 0 Å². The predicted molar refractivity (Wildman–Crippen MR) is 64.8 cm³/mol. The van der Waals surface area contributed by atoms with Gasteiger partial charge in [0.2, 0.25) is 0 Å². The summed E-state index contributed by atoms with van der Waals surface area (Å²) in [6, 6.07) is 1.78. The molecule has 1 unspecified atom stereocenters. The van der Waals surface area contributed by atoms with Crippen LogP contribution in [0.2, 0.25) is 5.02 Å². The van der Waals surface area contributed by atoms with Crippen molar-refractivity contribution in [2.45, 2.75) is 26.2 Å². The van der Waals surface area contributed by atoms with Gasteiger partial charge < -0.3 is 0 Å². The zero-order valence-corrected chi connectivity index (χ0v) is 10.2. The molecule has 1 atom stereocenters. The fraction of sp³-hybridized carbons (Fsp3) is 0.417. The molecular weight excluding hydrogens is 228 g/mol. The molecule has 1 nitrogen and oxygen atoms in total. The van der Waals surface area contributed by atoms with E-state index in [2.05, 4.69) is 13.0 Å². The second kappa shape index (κ2) is 4.50. The van der Waals surface area contributed by atoms with Crippen LogP contribution in [-0.4, -0.2) is 5.78 Å². The molecule has 1 aromatic heterocycles. The smallest absolute Gasteiger partial charge is 0.200 e. The monoisotopic (exact) mass is 240 g/mol. The SMILES string of the molecule is CC1CC=C(C(=O)c2sccc2Cl)CC1. The molecule has 0 fully saturated rings. The minimum atomic E-state index is 0.127. The number of rotatable bonds is 2. The van der Waals surface area contributed by atoms with Crippen LogP contribution >= 0.6 is 22.9 Å². The van der Waals surface area contributed by atoms with Gasteiger partial charge in [-0.05, 0) is 42.2 Å². The van der Waals surface area contributed by atoms with Crippen molar-refractivity contribution in [3.8, 4) is 0 Å². The molecule has 0 amide bonds. The van der Waals surface area contributed by atoms with Crippen molar-refractivity contribution in [3.05, 3.63) is 33.0 Å². The number of hydrogen-bond acceptors (Lipinski definition) is 2. The molecule has 1 aliphatic carbocycles. The first kappa shape index (κ1) is 10.9. The van der Waals surface area contributed by atoms with Crippen molar-refractivity contribution in [3.63, 3.8) is 0 Å². The Morgan fingerprint density at radius 3 is 2.93 bits per heavy atom. The fourth-order valence-corrected chi connectivity index (χ4v) is 2.89. The maximum atomic E-state index is 12.0. The number of halogens is 1. The number of ketones is 1. The Labute approximate surface area is 98.8 Å². The number of Topliss-reactive ketones (excluding diaryl/α,β-unsaturated/α-hetero) is 1. The zero-order valence-electron chi connectivity index (χ0n) is 8.63. The molecule has 1 aromatic rings. The third-order valence-electron chi connectivity index (χ3n) is 2.79. The fourth-order valence-electron chi connectivity index (χ4n) is 1.77. The molecule has 0 spiro atoms. The first-order valence-corrected chi connectivity index (χ1v) is 6.41. The van der Waals surface area contributed by atoms with Gasteiger partial charge in [0.15, 0.2) is 5.78 Å². The quantitative estimate of drug-likeness (QED) is 0.704. The van der Waals surface area contributed by atoms with Crippen LogP contribution in [0, 0.1) is 5.92 Å². The molecule has 1 heterocycles. The Morgan fingerprint density at radius 2 is 2.40 bits per heavy atom. The molecule has 0 saturated heterocycles. The molecule has 0 N–H and O–H groups in total. The van der Waals surface area contributed by atoms with Crippen LogP contribution in [0.3, 0.4) is 0 Å². The number of allylic oxidation sites excluding steroid dienone is 2. The molecule has 0 saturated carbocycles. The Bertz CT molecular complexity index is 406. The second-order valence-electron chi connectivity index (χ2n) is 4.04. The summed E-state index contributed by atoms with van der Waals surface area (Å²) < 4.78 is 0. The van der Waals surface area contributed by atoms with E-state index >= 15 is 0 Å². The van der Waals surface area contributed by atoms with Gasteiger partial charge in [-0.15, -0.1) is 11.3 Å². The summed E-state index contributed by atoms with van der Waals surface area (Å²) in [5.74, 6) is 0.835. The Kier molecular flexibility index (Phi) is 3.27. The largest absolute Gasteiger partial charge is 0.288 e. The summed E-state index contributed by atoms with van der Waals surface area (Å²) in [6.45, 7) is 2.22. The van der Waals surface area contributed by atoms with Crippen molar-refractivity contribution in [1.82, 2.24) is 0 Å². The standard InChI is InChI=1S/C12H13ClOS/c1-8-2-4-9(5-3-8)11(14)12-10(13)6-7-15-12/h4,6-8H,2-3,5H2,1H3. The van der Waals surface area contributed by atoms with E-state index in [4.69, 9.17) is 11.6 Å². The molecule has 1 aliphatic rings. The second-order valence-corrected chi connectivity index (χ2v) is 5.36. The van der Waals surface area contributed by atoms with Gasteiger partial charge in [-0.2, -0.15) is 0 Å². The summed E-state index contributed by atoms with van der Waals surface area (Å²) >= 11 is 7.37. The third-order valence-corrected chi connectivity index (χ3v) is 4.13. The van der Waals surface area contributed by atoms with Gasteiger partial charge in [0.1, 0.15) is 0 Å². The minimum Gasteiger partial charge on any atom is -0.288 e. The number of thiophene rings is 1. The molecule has 0 radical (unpaired) electrons. The van der Waals surface area contributed by atoms with Crippen molar-refractivity contribution in [2.75, 3.05) is 0 Å². The van der Waals surface area contributed by atoms with Crippen LogP contribution in [-0.2, 0) is 0 Å². The number of carbonyl (C=O) groups is 1. The zero-order chi connectivity index (χ0) is 10.8. The van der Waals surface area contributed by atoms with Crippen LogP contribution < -0.4 is 0 Å². The third kappa shape index (κ3) is 2.32. The molecule has 0 aliphatic heterocycles. The summed E-state index contributed by atoms with van der Waals surface area (Å²) in [5, 5.41) is 2.45. The van der Waals surface area contributed by atoms with Crippen LogP contribution in [0.5, 0.6) is 0 Å². The van der Waals surface area contributed by atoms with E-state index in [0.717, 1.165) is 24.8 Å².